The second-order valence-electron chi connectivity index (χ2n) is 4.80. The zero-order valence-electron chi connectivity index (χ0n) is 9.72. The maximum absolute atomic E-state index is 8.33. The quantitative estimate of drug-likeness (QED) is 0.561. The normalized spacial score (nSPS) is 25.5. The number of ether oxygens (including phenoxy) is 1. The summed E-state index contributed by atoms with van der Waals surface area (Å²) in [7, 11) is 1.77. The van der Waals surface area contributed by atoms with Gasteiger partial charge in [0, 0.05) is 20.2 Å². The number of hydrogen-bond acceptors (Lipinski definition) is 2. The van der Waals surface area contributed by atoms with E-state index in [-0.39, 0.29) is 5.60 Å². The van der Waals surface area contributed by atoms with Crippen LogP contribution in [0.1, 0.15) is 44.9 Å². The Hall–Kier alpha value is -0.570. The highest BCUT2D eigenvalue weighted by molar-refractivity contribution is 5.88. The van der Waals surface area contributed by atoms with Gasteiger partial charge in [0.15, 0.2) is 0 Å². The number of hydrogen-bond donors (Lipinski definition) is 1. The molecule has 2 rings (SSSR count). The Morgan fingerprint density at radius 3 is 2.20 bits per heavy atom. The summed E-state index contributed by atoms with van der Waals surface area (Å²) in [5.41, 5.74) is -0.247. The number of nitrogens with one attached hydrogen (secondary N) is 1. The molecule has 0 unspecified atom stereocenters. The molecule has 0 atom stereocenters. The highest BCUT2D eigenvalue weighted by atomic mass is 16.5. The number of methoxy groups -OCH3 is 1. The van der Waals surface area contributed by atoms with E-state index < -0.39 is 0 Å². The van der Waals surface area contributed by atoms with E-state index in [1.54, 1.807) is 7.11 Å². The third-order valence-electron chi connectivity index (χ3n) is 3.91. The van der Waals surface area contributed by atoms with E-state index in [4.69, 9.17) is 10.1 Å². The van der Waals surface area contributed by atoms with Crippen LogP contribution in [-0.4, -0.2) is 36.5 Å². The molecule has 1 heterocycles. The second kappa shape index (κ2) is 4.52. The average Bonchev–Trinajstić information content (AvgIpc) is 2.82. The third-order valence-corrected chi connectivity index (χ3v) is 3.91. The van der Waals surface area contributed by atoms with Gasteiger partial charge >= 0.3 is 0 Å². The number of amidine groups is 1. The van der Waals surface area contributed by atoms with Crippen molar-refractivity contribution in [1.29, 1.82) is 5.41 Å². The molecule has 1 aliphatic heterocycles. The van der Waals surface area contributed by atoms with Crippen molar-refractivity contribution in [3.8, 4) is 0 Å². The standard InChI is InChI=1S/C12H22N2O/c1-15-12(7-3-2-4-8-12)11(13)14-9-5-6-10-14/h13H,2-10H2,1H3. The Kier molecular flexibility index (Phi) is 3.29. The molecule has 15 heavy (non-hydrogen) atoms. The van der Waals surface area contributed by atoms with Crippen LogP contribution in [0.2, 0.25) is 0 Å². The maximum Gasteiger partial charge on any atom is 0.129 e. The van der Waals surface area contributed by atoms with Crippen LogP contribution in [0.4, 0.5) is 0 Å². The van der Waals surface area contributed by atoms with Crippen LogP contribution in [0.15, 0.2) is 0 Å². The first-order valence-corrected chi connectivity index (χ1v) is 6.18. The fourth-order valence-electron chi connectivity index (χ4n) is 2.89. The van der Waals surface area contributed by atoms with Gasteiger partial charge < -0.3 is 9.64 Å². The Labute approximate surface area is 92.3 Å². The van der Waals surface area contributed by atoms with E-state index in [1.807, 2.05) is 0 Å². The fraction of sp³-hybridized carbons (Fsp3) is 0.917. The van der Waals surface area contributed by atoms with Gasteiger partial charge in [-0.3, -0.25) is 5.41 Å². The first-order valence-electron chi connectivity index (χ1n) is 6.18. The number of nitrogens with zero attached hydrogens (tertiary/aromatic N) is 1. The van der Waals surface area contributed by atoms with E-state index in [2.05, 4.69) is 4.90 Å². The van der Waals surface area contributed by atoms with Gasteiger partial charge in [0.1, 0.15) is 11.4 Å². The van der Waals surface area contributed by atoms with Crippen molar-refractivity contribution < 1.29 is 4.74 Å². The lowest BCUT2D eigenvalue weighted by molar-refractivity contribution is 0.00942. The highest BCUT2D eigenvalue weighted by Gasteiger charge is 2.39. The van der Waals surface area contributed by atoms with Crippen LogP contribution in [0.25, 0.3) is 0 Å². The molecule has 3 heteroatoms. The van der Waals surface area contributed by atoms with Gasteiger partial charge in [-0.25, -0.2) is 0 Å². The molecule has 86 valence electrons. The van der Waals surface area contributed by atoms with Gasteiger partial charge in [-0.15, -0.1) is 0 Å². The minimum Gasteiger partial charge on any atom is -0.370 e. The summed E-state index contributed by atoms with van der Waals surface area (Å²) in [6.45, 7) is 2.12. The topological polar surface area (TPSA) is 36.3 Å². The predicted molar refractivity (Wildman–Crippen MR) is 61.4 cm³/mol. The SMILES string of the molecule is COC1(C(=N)N2CCCC2)CCCCC1. The summed E-state index contributed by atoms with van der Waals surface area (Å²) in [6, 6.07) is 0. The highest BCUT2D eigenvalue weighted by Crippen LogP contribution is 2.33. The number of rotatable bonds is 2. The molecule has 2 aliphatic rings. The first-order chi connectivity index (χ1) is 7.28. The fourth-order valence-corrected chi connectivity index (χ4v) is 2.89. The van der Waals surface area contributed by atoms with Crippen LogP contribution in [0.5, 0.6) is 0 Å². The van der Waals surface area contributed by atoms with Gasteiger partial charge in [0.05, 0.1) is 0 Å². The minimum absolute atomic E-state index is 0.247. The van der Waals surface area contributed by atoms with Crippen LogP contribution in [-0.2, 0) is 4.74 Å². The lowest BCUT2D eigenvalue weighted by Gasteiger charge is -2.39. The van der Waals surface area contributed by atoms with E-state index in [0.717, 1.165) is 31.8 Å². The van der Waals surface area contributed by atoms with E-state index in [1.165, 1.54) is 32.1 Å². The Morgan fingerprint density at radius 1 is 1.07 bits per heavy atom. The molecule has 0 aromatic rings. The molecule has 1 saturated heterocycles. The summed E-state index contributed by atoms with van der Waals surface area (Å²) >= 11 is 0. The van der Waals surface area contributed by atoms with Gasteiger partial charge in [-0.2, -0.15) is 0 Å². The van der Waals surface area contributed by atoms with Crippen molar-refractivity contribution >= 4 is 5.84 Å². The molecule has 0 amide bonds. The van der Waals surface area contributed by atoms with Crippen molar-refractivity contribution in [1.82, 2.24) is 4.90 Å². The Morgan fingerprint density at radius 2 is 1.67 bits per heavy atom. The Balaban J connectivity index is 2.06. The van der Waals surface area contributed by atoms with Crippen LogP contribution in [0, 0.1) is 5.41 Å². The van der Waals surface area contributed by atoms with Gasteiger partial charge in [0.25, 0.3) is 0 Å². The lowest BCUT2D eigenvalue weighted by atomic mass is 9.83. The predicted octanol–water partition coefficient (Wildman–Crippen LogP) is 2.41. The monoisotopic (exact) mass is 210 g/mol. The third kappa shape index (κ3) is 2.03. The van der Waals surface area contributed by atoms with E-state index in [0.29, 0.717) is 0 Å². The van der Waals surface area contributed by atoms with Crippen LogP contribution >= 0.6 is 0 Å². The van der Waals surface area contributed by atoms with Crippen molar-refractivity contribution in [2.75, 3.05) is 20.2 Å². The molecule has 1 saturated carbocycles. The van der Waals surface area contributed by atoms with E-state index >= 15 is 0 Å². The van der Waals surface area contributed by atoms with Crippen molar-refractivity contribution in [2.24, 2.45) is 0 Å². The van der Waals surface area contributed by atoms with Gasteiger partial charge in [-0.1, -0.05) is 19.3 Å². The molecule has 0 spiro atoms. The molecule has 0 aromatic heterocycles. The largest absolute Gasteiger partial charge is 0.370 e. The summed E-state index contributed by atoms with van der Waals surface area (Å²) in [5, 5.41) is 8.33. The van der Waals surface area contributed by atoms with Gasteiger partial charge in [0.2, 0.25) is 0 Å². The first kappa shape index (κ1) is 10.9. The summed E-state index contributed by atoms with van der Waals surface area (Å²) in [4.78, 5) is 2.22. The number of likely N-dealkylation sites (tertiary alicyclic amines) is 1. The molecule has 0 radical (unpaired) electrons. The summed E-state index contributed by atoms with van der Waals surface area (Å²) in [5.74, 6) is 0.752. The molecule has 0 aromatic carbocycles. The summed E-state index contributed by atoms with van der Waals surface area (Å²) in [6.07, 6.45) is 8.29. The molecular weight excluding hydrogens is 188 g/mol. The van der Waals surface area contributed by atoms with Crippen LogP contribution in [0.3, 0.4) is 0 Å². The minimum atomic E-state index is -0.247. The molecular formula is C12H22N2O. The second-order valence-corrected chi connectivity index (χ2v) is 4.80. The van der Waals surface area contributed by atoms with Gasteiger partial charge in [-0.05, 0) is 25.7 Å². The zero-order chi connectivity index (χ0) is 10.7. The molecule has 0 bridgehead atoms. The van der Waals surface area contributed by atoms with Crippen LogP contribution < -0.4 is 0 Å². The maximum atomic E-state index is 8.33. The molecule has 1 aliphatic carbocycles. The van der Waals surface area contributed by atoms with Crippen molar-refractivity contribution in [3.05, 3.63) is 0 Å². The lowest BCUT2D eigenvalue weighted by Crippen LogP contribution is -2.50. The zero-order valence-corrected chi connectivity index (χ0v) is 9.72. The molecule has 1 N–H and O–H groups in total. The average molecular weight is 210 g/mol. The summed E-state index contributed by atoms with van der Waals surface area (Å²) < 4.78 is 5.69. The van der Waals surface area contributed by atoms with Crippen molar-refractivity contribution in [2.45, 2.75) is 50.5 Å². The molecule has 3 nitrogen and oxygen atoms in total. The molecule has 2 fully saturated rings. The smallest absolute Gasteiger partial charge is 0.129 e. The Bertz CT molecular complexity index is 228. The van der Waals surface area contributed by atoms with E-state index in [9.17, 15) is 0 Å². The van der Waals surface area contributed by atoms with Crippen molar-refractivity contribution in [3.63, 3.8) is 0 Å².